The molecule has 0 saturated carbocycles. The molecule has 1 saturated heterocycles. The van der Waals surface area contributed by atoms with Crippen LogP contribution in [0.4, 0.5) is 5.69 Å². The monoisotopic (exact) mass is 232 g/mol. The van der Waals surface area contributed by atoms with Gasteiger partial charge >= 0.3 is 0 Å². The molecule has 1 aliphatic heterocycles. The number of hydrogen-bond acceptors (Lipinski definition) is 3. The number of aryl methyl sites for hydroxylation is 1. The van der Waals surface area contributed by atoms with E-state index in [9.17, 15) is 4.79 Å². The second kappa shape index (κ2) is 4.88. The summed E-state index contributed by atoms with van der Waals surface area (Å²) in [6.45, 7) is 4.11. The maximum atomic E-state index is 11.1. The summed E-state index contributed by atoms with van der Waals surface area (Å²) in [5, 5.41) is 0. The number of benzene rings is 1. The molecule has 1 aliphatic rings. The minimum atomic E-state index is 0.593. The number of aldehydes is 1. The number of rotatable bonds is 3. The third-order valence-electron chi connectivity index (χ3n) is 3.55. The third-order valence-corrected chi connectivity index (χ3v) is 3.55. The summed E-state index contributed by atoms with van der Waals surface area (Å²) >= 11 is 0. The van der Waals surface area contributed by atoms with Gasteiger partial charge in [0.05, 0.1) is 0 Å². The molecule has 92 valence electrons. The highest BCUT2D eigenvalue weighted by atomic mass is 16.1. The Morgan fingerprint density at radius 1 is 1.41 bits per heavy atom. The lowest BCUT2D eigenvalue weighted by atomic mass is 10.1. The molecule has 3 nitrogen and oxygen atoms in total. The molecule has 0 aromatic heterocycles. The molecular weight excluding hydrogens is 212 g/mol. The molecule has 0 spiro atoms. The molecule has 1 heterocycles. The van der Waals surface area contributed by atoms with Crippen LogP contribution >= 0.6 is 0 Å². The largest absolute Gasteiger partial charge is 0.369 e. The first-order valence-corrected chi connectivity index (χ1v) is 6.09. The van der Waals surface area contributed by atoms with Crippen LogP contribution in [0.2, 0.25) is 0 Å². The van der Waals surface area contributed by atoms with Gasteiger partial charge in [-0.05, 0) is 45.1 Å². The lowest BCUT2D eigenvalue weighted by Crippen LogP contribution is -2.31. The minimum absolute atomic E-state index is 0.593. The average Bonchev–Trinajstić information content (AvgIpc) is 2.78. The van der Waals surface area contributed by atoms with Gasteiger partial charge in [-0.2, -0.15) is 0 Å². The van der Waals surface area contributed by atoms with Crippen LogP contribution < -0.4 is 4.90 Å². The van der Waals surface area contributed by atoms with Crippen LogP contribution in [0.25, 0.3) is 0 Å². The first-order chi connectivity index (χ1) is 8.11. The van der Waals surface area contributed by atoms with Gasteiger partial charge in [0, 0.05) is 30.4 Å². The van der Waals surface area contributed by atoms with E-state index >= 15 is 0 Å². The summed E-state index contributed by atoms with van der Waals surface area (Å²) in [5.74, 6) is 0. The topological polar surface area (TPSA) is 23.6 Å². The molecule has 1 aromatic carbocycles. The van der Waals surface area contributed by atoms with E-state index in [4.69, 9.17) is 0 Å². The first kappa shape index (κ1) is 12.1. The van der Waals surface area contributed by atoms with Crippen molar-refractivity contribution in [2.75, 3.05) is 32.1 Å². The SMILES string of the molecule is Cc1ccc(C=O)c(N2CCC(N(C)C)C2)c1. The normalized spacial score (nSPS) is 20.0. The van der Waals surface area contributed by atoms with Gasteiger partial charge in [0.1, 0.15) is 0 Å². The Bertz CT molecular complexity index is 415. The lowest BCUT2D eigenvalue weighted by molar-refractivity contribution is 0.112. The van der Waals surface area contributed by atoms with Crippen molar-refractivity contribution in [3.8, 4) is 0 Å². The second-order valence-corrected chi connectivity index (χ2v) is 5.03. The maximum Gasteiger partial charge on any atom is 0.152 e. The molecule has 1 aromatic rings. The summed E-state index contributed by atoms with van der Waals surface area (Å²) < 4.78 is 0. The Morgan fingerprint density at radius 2 is 2.18 bits per heavy atom. The minimum Gasteiger partial charge on any atom is -0.369 e. The van der Waals surface area contributed by atoms with E-state index in [0.717, 1.165) is 30.6 Å². The van der Waals surface area contributed by atoms with Gasteiger partial charge in [-0.1, -0.05) is 6.07 Å². The van der Waals surface area contributed by atoms with Crippen molar-refractivity contribution >= 4 is 12.0 Å². The number of nitrogens with zero attached hydrogens (tertiary/aromatic N) is 2. The fourth-order valence-electron chi connectivity index (χ4n) is 2.41. The van der Waals surface area contributed by atoms with Crippen LogP contribution in [-0.4, -0.2) is 44.4 Å². The highest BCUT2D eigenvalue weighted by Gasteiger charge is 2.25. The second-order valence-electron chi connectivity index (χ2n) is 5.03. The van der Waals surface area contributed by atoms with Crippen molar-refractivity contribution in [2.24, 2.45) is 0 Å². The number of anilines is 1. The first-order valence-electron chi connectivity index (χ1n) is 6.09. The van der Waals surface area contributed by atoms with Gasteiger partial charge in [-0.3, -0.25) is 4.79 Å². The zero-order valence-corrected chi connectivity index (χ0v) is 10.8. The molecule has 0 aliphatic carbocycles. The molecule has 0 amide bonds. The average molecular weight is 232 g/mol. The van der Waals surface area contributed by atoms with Gasteiger partial charge < -0.3 is 9.80 Å². The van der Waals surface area contributed by atoms with Crippen LogP contribution in [0.3, 0.4) is 0 Å². The van der Waals surface area contributed by atoms with Gasteiger partial charge in [0.2, 0.25) is 0 Å². The van der Waals surface area contributed by atoms with E-state index < -0.39 is 0 Å². The number of likely N-dealkylation sites (N-methyl/N-ethyl adjacent to an activating group) is 1. The predicted molar refractivity (Wildman–Crippen MR) is 70.9 cm³/mol. The van der Waals surface area contributed by atoms with Gasteiger partial charge in [0.25, 0.3) is 0 Å². The Labute approximate surface area is 103 Å². The van der Waals surface area contributed by atoms with Crippen LogP contribution in [0.1, 0.15) is 22.3 Å². The summed E-state index contributed by atoms with van der Waals surface area (Å²) in [5.41, 5.74) is 3.10. The molecule has 17 heavy (non-hydrogen) atoms. The molecule has 2 rings (SSSR count). The zero-order valence-electron chi connectivity index (χ0n) is 10.8. The van der Waals surface area contributed by atoms with E-state index in [1.165, 1.54) is 12.0 Å². The molecule has 1 atom stereocenters. The standard InChI is InChI=1S/C14H20N2O/c1-11-4-5-12(10-17)14(8-11)16-7-6-13(9-16)15(2)3/h4-5,8,10,13H,6-7,9H2,1-3H3. The molecule has 0 radical (unpaired) electrons. The van der Waals surface area contributed by atoms with Crippen LogP contribution in [-0.2, 0) is 0 Å². The Hall–Kier alpha value is -1.35. The smallest absolute Gasteiger partial charge is 0.152 e. The van der Waals surface area contributed by atoms with Gasteiger partial charge in [-0.25, -0.2) is 0 Å². The number of carbonyl (C=O) groups excluding carboxylic acids is 1. The van der Waals surface area contributed by atoms with Crippen molar-refractivity contribution in [2.45, 2.75) is 19.4 Å². The van der Waals surface area contributed by atoms with Crippen LogP contribution in [0.15, 0.2) is 18.2 Å². The third kappa shape index (κ3) is 2.50. The molecule has 0 bridgehead atoms. The Morgan fingerprint density at radius 3 is 2.76 bits per heavy atom. The van der Waals surface area contributed by atoms with Crippen molar-refractivity contribution < 1.29 is 4.79 Å². The molecule has 0 N–H and O–H groups in total. The van der Waals surface area contributed by atoms with E-state index in [1.807, 2.05) is 12.1 Å². The fourth-order valence-corrected chi connectivity index (χ4v) is 2.41. The summed E-state index contributed by atoms with van der Waals surface area (Å²) in [4.78, 5) is 15.7. The predicted octanol–water partition coefficient (Wildman–Crippen LogP) is 1.95. The van der Waals surface area contributed by atoms with Crippen molar-refractivity contribution in [1.29, 1.82) is 0 Å². The maximum absolute atomic E-state index is 11.1. The summed E-state index contributed by atoms with van der Waals surface area (Å²) in [6.07, 6.45) is 2.12. The summed E-state index contributed by atoms with van der Waals surface area (Å²) in [6, 6.07) is 6.62. The molecule has 3 heteroatoms. The molecule has 1 unspecified atom stereocenters. The number of carbonyl (C=O) groups is 1. The van der Waals surface area contributed by atoms with Crippen molar-refractivity contribution in [3.63, 3.8) is 0 Å². The van der Waals surface area contributed by atoms with E-state index in [2.05, 4.69) is 36.9 Å². The summed E-state index contributed by atoms with van der Waals surface area (Å²) in [7, 11) is 4.23. The van der Waals surface area contributed by atoms with Crippen LogP contribution in [0, 0.1) is 6.92 Å². The van der Waals surface area contributed by atoms with E-state index in [-0.39, 0.29) is 0 Å². The Balaban J connectivity index is 2.23. The number of hydrogen-bond donors (Lipinski definition) is 0. The fraction of sp³-hybridized carbons (Fsp3) is 0.500. The van der Waals surface area contributed by atoms with Crippen molar-refractivity contribution in [3.05, 3.63) is 29.3 Å². The van der Waals surface area contributed by atoms with Gasteiger partial charge in [-0.15, -0.1) is 0 Å². The Kier molecular flexibility index (Phi) is 3.48. The van der Waals surface area contributed by atoms with E-state index in [1.54, 1.807) is 0 Å². The zero-order chi connectivity index (χ0) is 12.4. The highest BCUT2D eigenvalue weighted by Crippen LogP contribution is 2.26. The highest BCUT2D eigenvalue weighted by molar-refractivity contribution is 5.85. The quantitative estimate of drug-likeness (QED) is 0.744. The van der Waals surface area contributed by atoms with Crippen molar-refractivity contribution in [1.82, 2.24) is 4.90 Å². The van der Waals surface area contributed by atoms with Gasteiger partial charge in [0.15, 0.2) is 6.29 Å². The van der Waals surface area contributed by atoms with E-state index in [0.29, 0.717) is 6.04 Å². The molecule has 1 fully saturated rings. The van der Waals surface area contributed by atoms with Crippen LogP contribution in [0.5, 0.6) is 0 Å². The molecular formula is C14H20N2O. The lowest BCUT2D eigenvalue weighted by Gasteiger charge is -2.23.